The number of nitrogens with zero attached hydrogens (tertiary/aromatic N) is 4. The number of likely N-dealkylation sites (tertiary alicyclic amines) is 1. The van der Waals surface area contributed by atoms with Gasteiger partial charge in [-0.3, -0.25) is 4.79 Å². The zero-order chi connectivity index (χ0) is 23.0. The molecule has 2 amide bonds. The summed E-state index contributed by atoms with van der Waals surface area (Å²) in [7, 11) is 1.95. The van der Waals surface area contributed by atoms with Crippen molar-refractivity contribution in [2.24, 2.45) is 13.0 Å². The predicted molar refractivity (Wildman–Crippen MR) is 121 cm³/mol. The number of benzene rings is 1. The number of pyridine rings is 1. The summed E-state index contributed by atoms with van der Waals surface area (Å²) >= 11 is 0. The van der Waals surface area contributed by atoms with Crippen LogP contribution in [0.5, 0.6) is 0 Å². The van der Waals surface area contributed by atoms with E-state index in [0.29, 0.717) is 29.9 Å². The number of aromatic nitrogens is 2. The topological polar surface area (TPSA) is 111 Å². The monoisotopic (exact) mass is 431 g/mol. The number of carboxylic acid groups (broad SMARTS) is 1. The molecule has 2 aromatic heterocycles. The highest BCUT2D eigenvalue weighted by atomic mass is 16.4. The summed E-state index contributed by atoms with van der Waals surface area (Å²) in [6.45, 7) is 5.04. The van der Waals surface area contributed by atoms with Gasteiger partial charge in [-0.15, -0.1) is 0 Å². The lowest BCUT2D eigenvalue weighted by Crippen LogP contribution is -2.41. The minimum Gasteiger partial charge on any atom is -0.465 e. The fourth-order valence-corrected chi connectivity index (χ4v) is 4.65. The third kappa shape index (κ3) is 3.78. The van der Waals surface area contributed by atoms with E-state index in [1.54, 1.807) is 30.5 Å². The Hall–Kier alpha value is -3.86. The van der Waals surface area contributed by atoms with Gasteiger partial charge < -0.3 is 19.9 Å². The molecule has 1 aliphatic heterocycles. The Kier molecular flexibility index (Phi) is 5.57. The number of aryl methyl sites for hydroxylation is 2. The van der Waals surface area contributed by atoms with E-state index >= 15 is 0 Å². The Morgan fingerprint density at radius 3 is 2.81 bits per heavy atom. The van der Waals surface area contributed by atoms with E-state index in [1.807, 2.05) is 24.6 Å². The Labute approximate surface area is 186 Å². The minimum absolute atomic E-state index is 0.164. The molecule has 164 valence electrons. The van der Waals surface area contributed by atoms with Crippen molar-refractivity contribution in [3.63, 3.8) is 0 Å². The number of fused-ring (bicyclic) bond motifs is 1. The number of hydrogen-bond donors (Lipinski definition) is 2. The van der Waals surface area contributed by atoms with Crippen LogP contribution >= 0.6 is 0 Å². The van der Waals surface area contributed by atoms with Crippen molar-refractivity contribution < 1.29 is 14.7 Å². The molecule has 0 saturated carbocycles. The zero-order valence-electron chi connectivity index (χ0n) is 18.3. The molecule has 3 heterocycles. The van der Waals surface area contributed by atoms with E-state index in [9.17, 15) is 14.7 Å². The van der Waals surface area contributed by atoms with Gasteiger partial charge in [-0.2, -0.15) is 5.26 Å². The molecular weight excluding hydrogens is 406 g/mol. The number of rotatable bonds is 3. The van der Waals surface area contributed by atoms with Gasteiger partial charge in [-0.1, -0.05) is 13.0 Å². The standard InChI is InChI=1S/C24H25N5O3/c1-14-12-29(24(31)32)8-7-18(14)19-13-28(3)22-21(19)15(2)20(11-26-22)27-23(30)17-6-4-5-16(9-17)10-25/h4-6,9,11,13-14,18H,7-8,12H2,1-3H3,(H,27,30)(H,31,32)/t14-,18+/m0/s1. The smallest absolute Gasteiger partial charge is 0.407 e. The summed E-state index contributed by atoms with van der Waals surface area (Å²) in [5.41, 5.74) is 4.33. The maximum absolute atomic E-state index is 12.8. The van der Waals surface area contributed by atoms with Gasteiger partial charge in [-0.25, -0.2) is 9.78 Å². The summed E-state index contributed by atoms with van der Waals surface area (Å²) in [6.07, 6.45) is 3.59. The van der Waals surface area contributed by atoms with Gasteiger partial charge in [0.15, 0.2) is 0 Å². The number of anilines is 1. The van der Waals surface area contributed by atoms with Crippen LogP contribution < -0.4 is 5.32 Å². The normalized spacial score (nSPS) is 18.4. The van der Waals surface area contributed by atoms with Crippen molar-refractivity contribution >= 4 is 28.7 Å². The molecule has 0 bridgehead atoms. The zero-order valence-corrected chi connectivity index (χ0v) is 18.3. The van der Waals surface area contributed by atoms with Crippen LogP contribution in [0.4, 0.5) is 10.5 Å². The number of amides is 2. The quantitative estimate of drug-likeness (QED) is 0.648. The Bertz CT molecular complexity index is 1260. The lowest BCUT2D eigenvalue weighted by atomic mass is 9.81. The van der Waals surface area contributed by atoms with Gasteiger partial charge in [0.25, 0.3) is 5.91 Å². The lowest BCUT2D eigenvalue weighted by molar-refractivity contribution is 0.102. The average Bonchev–Trinajstić information content (AvgIpc) is 3.12. The number of nitriles is 1. The summed E-state index contributed by atoms with van der Waals surface area (Å²) < 4.78 is 1.98. The van der Waals surface area contributed by atoms with Crippen LogP contribution in [0.15, 0.2) is 36.7 Å². The van der Waals surface area contributed by atoms with Gasteiger partial charge in [0.05, 0.1) is 23.5 Å². The van der Waals surface area contributed by atoms with Crippen LogP contribution in [0.25, 0.3) is 11.0 Å². The molecule has 2 atom stereocenters. The highest BCUT2D eigenvalue weighted by Crippen LogP contribution is 2.39. The molecule has 1 saturated heterocycles. The first-order chi connectivity index (χ1) is 15.3. The minimum atomic E-state index is -0.878. The van der Waals surface area contributed by atoms with Crippen molar-refractivity contribution in [1.29, 1.82) is 5.26 Å². The van der Waals surface area contributed by atoms with E-state index in [-0.39, 0.29) is 17.7 Å². The first kappa shape index (κ1) is 21.4. The molecule has 0 aliphatic carbocycles. The van der Waals surface area contributed by atoms with E-state index in [4.69, 9.17) is 5.26 Å². The van der Waals surface area contributed by atoms with Gasteiger partial charge >= 0.3 is 6.09 Å². The molecule has 4 rings (SSSR count). The molecule has 0 spiro atoms. The maximum Gasteiger partial charge on any atom is 0.407 e. The van der Waals surface area contributed by atoms with Crippen LogP contribution in [-0.2, 0) is 7.05 Å². The molecule has 32 heavy (non-hydrogen) atoms. The van der Waals surface area contributed by atoms with E-state index in [1.165, 1.54) is 4.90 Å². The Morgan fingerprint density at radius 1 is 1.34 bits per heavy atom. The van der Waals surface area contributed by atoms with Gasteiger partial charge in [-0.05, 0) is 54.5 Å². The van der Waals surface area contributed by atoms with Crippen LogP contribution in [0, 0.1) is 24.2 Å². The van der Waals surface area contributed by atoms with E-state index in [2.05, 4.69) is 23.4 Å². The summed E-state index contributed by atoms with van der Waals surface area (Å²) in [4.78, 5) is 30.2. The summed E-state index contributed by atoms with van der Waals surface area (Å²) in [5, 5.41) is 22.4. The lowest BCUT2D eigenvalue weighted by Gasteiger charge is -2.35. The second-order valence-corrected chi connectivity index (χ2v) is 8.44. The SMILES string of the molecule is Cc1c(NC(=O)c2cccc(C#N)c2)cnc2c1c([C@@H]1CCN(C(=O)O)C[C@@H]1C)cn2C. The third-order valence-corrected chi connectivity index (χ3v) is 6.35. The number of hydrogen-bond acceptors (Lipinski definition) is 4. The Morgan fingerprint density at radius 2 is 2.12 bits per heavy atom. The molecule has 2 N–H and O–H groups in total. The second kappa shape index (κ2) is 8.35. The third-order valence-electron chi connectivity index (χ3n) is 6.35. The average molecular weight is 431 g/mol. The maximum atomic E-state index is 12.8. The molecule has 8 heteroatoms. The van der Waals surface area contributed by atoms with Crippen molar-refractivity contribution in [3.8, 4) is 6.07 Å². The molecular formula is C24H25N5O3. The summed E-state index contributed by atoms with van der Waals surface area (Å²) in [5.74, 6) is 0.0665. The fraction of sp³-hybridized carbons (Fsp3) is 0.333. The molecule has 1 aliphatic rings. The summed E-state index contributed by atoms with van der Waals surface area (Å²) in [6, 6.07) is 8.61. The van der Waals surface area contributed by atoms with Gasteiger partial charge in [0.1, 0.15) is 5.65 Å². The van der Waals surface area contributed by atoms with Crippen molar-refractivity contribution in [3.05, 3.63) is 58.9 Å². The molecule has 1 fully saturated rings. The van der Waals surface area contributed by atoms with Crippen molar-refractivity contribution in [2.75, 3.05) is 18.4 Å². The van der Waals surface area contributed by atoms with Crippen LogP contribution in [0.1, 0.15) is 46.3 Å². The Balaban J connectivity index is 1.68. The van der Waals surface area contributed by atoms with Crippen LogP contribution in [-0.4, -0.2) is 44.6 Å². The number of nitrogens with one attached hydrogen (secondary N) is 1. The first-order valence-corrected chi connectivity index (χ1v) is 10.5. The number of carbonyl (C=O) groups is 2. The fourth-order valence-electron chi connectivity index (χ4n) is 4.65. The molecule has 1 aromatic carbocycles. The van der Waals surface area contributed by atoms with E-state index in [0.717, 1.165) is 28.6 Å². The van der Waals surface area contributed by atoms with E-state index < -0.39 is 6.09 Å². The molecule has 0 unspecified atom stereocenters. The predicted octanol–water partition coefficient (Wildman–Crippen LogP) is 4.11. The second-order valence-electron chi connectivity index (χ2n) is 8.44. The number of piperidine rings is 1. The molecule has 0 radical (unpaired) electrons. The number of carbonyl (C=O) groups excluding carboxylic acids is 1. The highest BCUT2D eigenvalue weighted by molar-refractivity contribution is 6.06. The van der Waals surface area contributed by atoms with Crippen molar-refractivity contribution in [2.45, 2.75) is 26.2 Å². The first-order valence-electron chi connectivity index (χ1n) is 10.5. The molecule has 3 aromatic rings. The largest absolute Gasteiger partial charge is 0.465 e. The van der Waals surface area contributed by atoms with Crippen molar-refractivity contribution in [1.82, 2.24) is 14.5 Å². The van der Waals surface area contributed by atoms with Gasteiger partial charge in [0, 0.05) is 37.3 Å². The highest BCUT2D eigenvalue weighted by Gasteiger charge is 2.32. The van der Waals surface area contributed by atoms with Crippen LogP contribution in [0.3, 0.4) is 0 Å². The van der Waals surface area contributed by atoms with Crippen LogP contribution in [0.2, 0.25) is 0 Å². The van der Waals surface area contributed by atoms with Gasteiger partial charge in [0.2, 0.25) is 0 Å². The molecule has 8 nitrogen and oxygen atoms in total.